The molecule has 0 heterocycles. The molecule has 1 saturated carbocycles. The lowest BCUT2D eigenvalue weighted by Crippen LogP contribution is -2.27. The fourth-order valence-corrected chi connectivity index (χ4v) is 0.440. The first-order chi connectivity index (χ1) is 4.66. The second-order valence-corrected chi connectivity index (χ2v) is 3.32. The SMILES string of the molecule is CC(C)CN.NC1CCC1. The van der Waals surface area contributed by atoms with E-state index in [-0.39, 0.29) is 0 Å². The summed E-state index contributed by atoms with van der Waals surface area (Å²) in [5.74, 6) is 0.662. The highest BCUT2D eigenvalue weighted by Crippen LogP contribution is 2.14. The van der Waals surface area contributed by atoms with Gasteiger partial charge in [0.2, 0.25) is 0 Å². The van der Waals surface area contributed by atoms with Gasteiger partial charge in [-0.3, -0.25) is 0 Å². The normalized spacial score (nSPS) is 17.7. The molecule has 0 bridgehead atoms. The highest BCUT2D eigenvalue weighted by molar-refractivity contribution is 4.70. The predicted octanol–water partition coefficient (Wildman–Crippen LogP) is 1.10. The minimum Gasteiger partial charge on any atom is -0.330 e. The Bertz CT molecular complexity index is 63.7. The van der Waals surface area contributed by atoms with Crippen LogP contribution in [0, 0.1) is 5.92 Å². The van der Waals surface area contributed by atoms with Gasteiger partial charge in [-0.1, -0.05) is 20.3 Å². The van der Waals surface area contributed by atoms with Crippen molar-refractivity contribution in [2.75, 3.05) is 6.54 Å². The molecular weight excluding hydrogens is 124 g/mol. The van der Waals surface area contributed by atoms with Crippen LogP contribution in [-0.4, -0.2) is 12.6 Å². The molecule has 0 spiro atoms. The maximum Gasteiger partial charge on any atom is 0.00388 e. The van der Waals surface area contributed by atoms with Crippen LogP contribution >= 0.6 is 0 Å². The van der Waals surface area contributed by atoms with Gasteiger partial charge in [0.1, 0.15) is 0 Å². The molecular formula is C8H20N2. The summed E-state index contributed by atoms with van der Waals surface area (Å²) >= 11 is 0. The van der Waals surface area contributed by atoms with Gasteiger partial charge >= 0.3 is 0 Å². The van der Waals surface area contributed by atoms with Crippen molar-refractivity contribution in [1.29, 1.82) is 0 Å². The predicted molar refractivity (Wildman–Crippen MR) is 45.7 cm³/mol. The summed E-state index contributed by atoms with van der Waals surface area (Å²) in [7, 11) is 0. The molecule has 4 N–H and O–H groups in total. The van der Waals surface area contributed by atoms with Gasteiger partial charge in [0, 0.05) is 6.04 Å². The van der Waals surface area contributed by atoms with E-state index >= 15 is 0 Å². The van der Waals surface area contributed by atoms with E-state index in [0.717, 1.165) is 6.54 Å². The smallest absolute Gasteiger partial charge is 0.00388 e. The Morgan fingerprint density at radius 2 is 1.70 bits per heavy atom. The third-order valence-electron chi connectivity index (χ3n) is 1.62. The fraction of sp³-hybridized carbons (Fsp3) is 1.00. The molecule has 62 valence electrons. The summed E-state index contributed by atoms with van der Waals surface area (Å²) in [4.78, 5) is 0. The van der Waals surface area contributed by atoms with Crippen molar-refractivity contribution in [1.82, 2.24) is 0 Å². The Morgan fingerprint density at radius 3 is 1.70 bits per heavy atom. The number of nitrogens with two attached hydrogens (primary N) is 2. The van der Waals surface area contributed by atoms with Crippen LogP contribution in [0.2, 0.25) is 0 Å². The third-order valence-corrected chi connectivity index (χ3v) is 1.62. The van der Waals surface area contributed by atoms with Gasteiger partial charge in [-0.05, 0) is 25.3 Å². The first kappa shape index (κ1) is 9.92. The van der Waals surface area contributed by atoms with Crippen molar-refractivity contribution in [3.8, 4) is 0 Å². The largest absolute Gasteiger partial charge is 0.330 e. The number of hydrogen-bond acceptors (Lipinski definition) is 2. The highest BCUT2D eigenvalue weighted by Gasteiger charge is 2.09. The van der Waals surface area contributed by atoms with Crippen LogP contribution in [-0.2, 0) is 0 Å². The number of hydrogen-bond donors (Lipinski definition) is 2. The summed E-state index contributed by atoms with van der Waals surface area (Å²) in [5, 5.41) is 0. The van der Waals surface area contributed by atoms with Gasteiger partial charge in [-0.2, -0.15) is 0 Å². The summed E-state index contributed by atoms with van der Waals surface area (Å²) in [5.41, 5.74) is 10.5. The fourth-order valence-electron chi connectivity index (χ4n) is 0.440. The van der Waals surface area contributed by atoms with Crippen molar-refractivity contribution < 1.29 is 0 Å². The lowest BCUT2D eigenvalue weighted by molar-refractivity contribution is 0.418. The molecule has 1 fully saturated rings. The van der Waals surface area contributed by atoms with Crippen LogP contribution in [0.1, 0.15) is 33.1 Å². The average Bonchev–Trinajstić information content (AvgIpc) is 1.85. The van der Waals surface area contributed by atoms with Crippen molar-refractivity contribution in [3.05, 3.63) is 0 Å². The molecule has 1 aliphatic rings. The Kier molecular flexibility index (Phi) is 5.64. The zero-order valence-corrected chi connectivity index (χ0v) is 7.14. The summed E-state index contributed by atoms with van der Waals surface area (Å²) in [6.45, 7) is 5.00. The van der Waals surface area contributed by atoms with Gasteiger partial charge in [0.25, 0.3) is 0 Å². The molecule has 0 radical (unpaired) electrons. The Hall–Kier alpha value is -0.0800. The van der Waals surface area contributed by atoms with Crippen molar-refractivity contribution in [3.63, 3.8) is 0 Å². The molecule has 0 amide bonds. The second kappa shape index (κ2) is 5.69. The first-order valence-electron chi connectivity index (χ1n) is 4.12. The zero-order valence-electron chi connectivity index (χ0n) is 7.14. The van der Waals surface area contributed by atoms with Crippen LogP contribution in [0.15, 0.2) is 0 Å². The molecule has 0 aliphatic heterocycles. The summed E-state index contributed by atoms with van der Waals surface area (Å²) in [6.07, 6.45) is 3.89. The summed E-state index contributed by atoms with van der Waals surface area (Å²) in [6, 6.07) is 0.565. The maximum absolute atomic E-state index is 5.38. The van der Waals surface area contributed by atoms with Crippen molar-refractivity contribution in [2.45, 2.75) is 39.2 Å². The van der Waals surface area contributed by atoms with Gasteiger partial charge < -0.3 is 11.5 Å². The highest BCUT2D eigenvalue weighted by atomic mass is 14.6. The van der Waals surface area contributed by atoms with E-state index in [1.807, 2.05) is 0 Å². The van der Waals surface area contributed by atoms with Crippen LogP contribution in [0.25, 0.3) is 0 Å². The molecule has 1 aliphatic carbocycles. The van der Waals surface area contributed by atoms with E-state index in [2.05, 4.69) is 13.8 Å². The van der Waals surface area contributed by atoms with Crippen LogP contribution in [0.3, 0.4) is 0 Å². The maximum atomic E-state index is 5.38. The monoisotopic (exact) mass is 144 g/mol. The molecule has 1 rings (SSSR count). The first-order valence-corrected chi connectivity index (χ1v) is 4.12. The van der Waals surface area contributed by atoms with Gasteiger partial charge in [-0.15, -0.1) is 0 Å². The van der Waals surface area contributed by atoms with Gasteiger partial charge in [0.15, 0.2) is 0 Å². The molecule has 0 unspecified atom stereocenters. The quantitative estimate of drug-likeness (QED) is 0.579. The molecule has 0 saturated heterocycles. The molecule has 2 nitrogen and oxygen atoms in total. The van der Waals surface area contributed by atoms with E-state index < -0.39 is 0 Å². The lowest BCUT2D eigenvalue weighted by Gasteiger charge is -2.18. The Labute approximate surface area is 64.0 Å². The van der Waals surface area contributed by atoms with Crippen LogP contribution < -0.4 is 11.5 Å². The molecule has 2 heteroatoms. The van der Waals surface area contributed by atoms with E-state index in [1.165, 1.54) is 19.3 Å². The average molecular weight is 144 g/mol. The standard InChI is InChI=1S/C4H9N.C4H11N/c5-4-2-1-3-4;1-4(2)3-5/h4H,1-3,5H2;4H,3,5H2,1-2H3. The molecule has 0 aromatic rings. The Morgan fingerprint density at radius 1 is 1.40 bits per heavy atom. The van der Waals surface area contributed by atoms with Gasteiger partial charge in [0.05, 0.1) is 0 Å². The molecule has 0 atom stereocenters. The van der Waals surface area contributed by atoms with Crippen LogP contribution in [0.4, 0.5) is 0 Å². The van der Waals surface area contributed by atoms with Crippen molar-refractivity contribution >= 4 is 0 Å². The minimum atomic E-state index is 0.565. The van der Waals surface area contributed by atoms with E-state index in [1.54, 1.807) is 0 Å². The summed E-state index contributed by atoms with van der Waals surface area (Å²) < 4.78 is 0. The van der Waals surface area contributed by atoms with Crippen LogP contribution in [0.5, 0.6) is 0 Å². The number of rotatable bonds is 1. The van der Waals surface area contributed by atoms with E-state index in [9.17, 15) is 0 Å². The Balaban J connectivity index is 0.000000162. The zero-order chi connectivity index (χ0) is 7.98. The minimum absolute atomic E-state index is 0.565. The lowest BCUT2D eigenvalue weighted by atomic mass is 9.95. The second-order valence-electron chi connectivity index (χ2n) is 3.32. The van der Waals surface area contributed by atoms with Gasteiger partial charge in [-0.25, -0.2) is 0 Å². The topological polar surface area (TPSA) is 52.0 Å². The van der Waals surface area contributed by atoms with E-state index in [0.29, 0.717) is 12.0 Å². The third kappa shape index (κ3) is 6.05. The molecule has 0 aromatic carbocycles. The molecule has 0 aromatic heterocycles. The van der Waals surface area contributed by atoms with E-state index in [4.69, 9.17) is 11.5 Å². The molecule has 10 heavy (non-hydrogen) atoms. The van der Waals surface area contributed by atoms with Crippen molar-refractivity contribution in [2.24, 2.45) is 17.4 Å².